The largest absolute Gasteiger partial charge is 0.344 e. The van der Waals surface area contributed by atoms with Gasteiger partial charge in [-0.15, -0.1) is 6.42 Å². The van der Waals surface area contributed by atoms with Gasteiger partial charge in [0.1, 0.15) is 6.54 Å². The first-order valence-electron chi connectivity index (χ1n) is 4.10. The molecule has 0 aliphatic heterocycles. The Labute approximate surface area is 97.0 Å². The molecule has 1 heterocycles. The van der Waals surface area contributed by atoms with Crippen molar-refractivity contribution in [3.8, 4) is 12.3 Å². The number of carbonyl (C=O) groups is 1. The molecule has 8 heteroatoms. The summed E-state index contributed by atoms with van der Waals surface area (Å²) < 4.78 is 23.0. The molecule has 1 amide bonds. The minimum atomic E-state index is -3.86. The van der Waals surface area contributed by atoms with E-state index in [1.54, 1.807) is 0 Å². The van der Waals surface area contributed by atoms with Crippen LogP contribution >= 0.6 is 10.7 Å². The van der Waals surface area contributed by atoms with Crippen LogP contribution in [0.3, 0.4) is 0 Å². The summed E-state index contributed by atoms with van der Waals surface area (Å²) >= 11 is 0. The molecular weight excluding hydrogens is 254 g/mol. The Balaban J connectivity index is 2.67. The smallest absolute Gasteiger partial charge is 0.280 e. The summed E-state index contributed by atoms with van der Waals surface area (Å²) in [7, 11) is 1.20. The first-order chi connectivity index (χ1) is 7.43. The van der Waals surface area contributed by atoms with Gasteiger partial charge in [0.05, 0.1) is 12.9 Å². The number of imidazole rings is 1. The van der Waals surface area contributed by atoms with Crippen LogP contribution in [0.1, 0.15) is 0 Å². The minimum Gasteiger partial charge on any atom is -0.344 e. The number of rotatable bonds is 4. The van der Waals surface area contributed by atoms with Crippen molar-refractivity contribution in [2.45, 2.75) is 11.6 Å². The van der Waals surface area contributed by atoms with Crippen LogP contribution in [0, 0.1) is 12.3 Å². The second-order valence-corrected chi connectivity index (χ2v) is 5.32. The van der Waals surface area contributed by atoms with Crippen LogP contribution in [-0.2, 0) is 20.4 Å². The van der Waals surface area contributed by atoms with Crippen molar-refractivity contribution in [2.24, 2.45) is 0 Å². The van der Waals surface area contributed by atoms with Gasteiger partial charge in [0.2, 0.25) is 5.91 Å². The summed E-state index contributed by atoms with van der Waals surface area (Å²) in [4.78, 5) is 14.7. The second kappa shape index (κ2) is 5.01. The van der Waals surface area contributed by atoms with Crippen molar-refractivity contribution in [3.05, 3.63) is 12.5 Å². The number of nitrogens with one attached hydrogen (secondary N) is 1. The van der Waals surface area contributed by atoms with E-state index in [9.17, 15) is 13.2 Å². The quantitative estimate of drug-likeness (QED) is 0.589. The van der Waals surface area contributed by atoms with E-state index in [4.69, 9.17) is 17.1 Å². The van der Waals surface area contributed by atoms with E-state index in [1.807, 2.05) is 0 Å². The van der Waals surface area contributed by atoms with Crippen molar-refractivity contribution in [1.29, 1.82) is 0 Å². The lowest BCUT2D eigenvalue weighted by Crippen LogP contribution is -2.27. The molecule has 0 radical (unpaired) electrons. The molecule has 0 saturated carbocycles. The Kier molecular flexibility index (Phi) is 3.93. The first-order valence-corrected chi connectivity index (χ1v) is 6.41. The van der Waals surface area contributed by atoms with Gasteiger partial charge in [0.25, 0.3) is 9.05 Å². The van der Waals surface area contributed by atoms with Gasteiger partial charge in [0.15, 0.2) is 5.03 Å². The minimum absolute atomic E-state index is 0.0684. The van der Waals surface area contributed by atoms with Gasteiger partial charge in [0, 0.05) is 16.9 Å². The molecule has 0 spiro atoms. The third-order valence-electron chi connectivity index (χ3n) is 1.57. The maximum Gasteiger partial charge on any atom is 0.280 e. The predicted molar refractivity (Wildman–Crippen MR) is 57.1 cm³/mol. The molecule has 0 saturated heterocycles. The highest BCUT2D eigenvalue weighted by Gasteiger charge is 2.14. The molecule has 6 nitrogen and oxygen atoms in total. The van der Waals surface area contributed by atoms with Gasteiger partial charge in [-0.3, -0.25) is 4.79 Å². The zero-order valence-electron chi connectivity index (χ0n) is 8.05. The summed E-state index contributed by atoms with van der Waals surface area (Å²) in [6, 6.07) is 0. The number of amides is 1. The Hall–Kier alpha value is -1.52. The fourth-order valence-corrected chi connectivity index (χ4v) is 1.60. The molecule has 1 aromatic heterocycles. The van der Waals surface area contributed by atoms with Crippen molar-refractivity contribution in [1.82, 2.24) is 14.9 Å². The lowest BCUT2D eigenvalue weighted by molar-refractivity contribution is -0.121. The van der Waals surface area contributed by atoms with Crippen molar-refractivity contribution < 1.29 is 13.2 Å². The van der Waals surface area contributed by atoms with Gasteiger partial charge in [-0.1, -0.05) is 5.92 Å². The molecule has 0 aliphatic rings. The van der Waals surface area contributed by atoms with Crippen LogP contribution in [-0.4, -0.2) is 30.4 Å². The van der Waals surface area contributed by atoms with Gasteiger partial charge >= 0.3 is 0 Å². The lowest BCUT2D eigenvalue weighted by Gasteiger charge is -2.01. The summed E-state index contributed by atoms with van der Waals surface area (Å²) in [5.74, 6) is 1.90. The van der Waals surface area contributed by atoms with E-state index in [-0.39, 0.29) is 24.0 Å². The molecule has 0 bridgehead atoms. The standard InChI is InChI=1S/C8H8ClN3O3S/c1-2-3-10-7(13)4-12-5-8(11-6-12)16(9,14)15/h1,5-6H,3-4H2,(H,10,13). The summed E-state index contributed by atoms with van der Waals surface area (Å²) in [6.45, 7) is 0.0509. The highest BCUT2D eigenvalue weighted by molar-refractivity contribution is 8.13. The lowest BCUT2D eigenvalue weighted by atomic mass is 10.5. The molecule has 0 aromatic carbocycles. The third kappa shape index (κ3) is 3.56. The van der Waals surface area contributed by atoms with Crippen LogP contribution < -0.4 is 5.32 Å². The number of carbonyl (C=O) groups excluding carboxylic acids is 1. The maximum absolute atomic E-state index is 11.2. The summed E-state index contributed by atoms with van der Waals surface area (Å²) in [5, 5.41) is 2.13. The summed E-state index contributed by atoms with van der Waals surface area (Å²) in [5.41, 5.74) is 0. The zero-order valence-corrected chi connectivity index (χ0v) is 9.62. The maximum atomic E-state index is 11.2. The molecule has 0 fully saturated rings. The van der Waals surface area contributed by atoms with Crippen LogP contribution in [0.4, 0.5) is 0 Å². The fraction of sp³-hybridized carbons (Fsp3) is 0.250. The Morgan fingerprint density at radius 1 is 1.69 bits per heavy atom. The molecule has 0 aliphatic carbocycles. The van der Waals surface area contributed by atoms with Crippen LogP contribution in [0.5, 0.6) is 0 Å². The number of terminal acetylenes is 1. The number of aromatic nitrogens is 2. The van der Waals surface area contributed by atoms with Crippen LogP contribution in [0.2, 0.25) is 0 Å². The topological polar surface area (TPSA) is 81.1 Å². The Morgan fingerprint density at radius 2 is 2.38 bits per heavy atom. The van der Waals surface area contributed by atoms with Crippen molar-refractivity contribution in [2.75, 3.05) is 6.54 Å². The molecule has 1 aromatic rings. The SMILES string of the molecule is C#CCNC(=O)Cn1cnc(S(=O)(=O)Cl)c1. The molecule has 1 N–H and O–H groups in total. The van der Waals surface area contributed by atoms with Crippen molar-refractivity contribution >= 4 is 25.6 Å². The Bertz CT molecular complexity index is 529. The van der Waals surface area contributed by atoms with E-state index >= 15 is 0 Å². The molecule has 86 valence electrons. The monoisotopic (exact) mass is 261 g/mol. The average molecular weight is 262 g/mol. The number of hydrogen-bond donors (Lipinski definition) is 1. The van der Waals surface area contributed by atoms with E-state index in [1.165, 1.54) is 10.9 Å². The van der Waals surface area contributed by atoms with Gasteiger partial charge in [-0.25, -0.2) is 13.4 Å². The molecule has 0 unspecified atom stereocenters. The summed E-state index contributed by atoms with van der Waals surface area (Å²) in [6.07, 6.45) is 7.31. The highest BCUT2D eigenvalue weighted by atomic mass is 35.7. The molecule has 1 rings (SSSR count). The predicted octanol–water partition coefficient (Wildman–Crippen LogP) is -0.440. The number of nitrogens with zero attached hydrogens (tertiary/aromatic N) is 2. The van der Waals surface area contributed by atoms with Crippen LogP contribution in [0.25, 0.3) is 0 Å². The second-order valence-electron chi connectivity index (χ2n) is 2.80. The molecule has 16 heavy (non-hydrogen) atoms. The van der Waals surface area contributed by atoms with Crippen molar-refractivity contribution in [3.63, 3.8) is 0 Å². The average Bonchev–Trinajstić information content (AvgIpc) is 2.62. The van der Waals surface area contributed by atoms with Gasteiger partial charge in [-0.2, -0.15) is 0 Å². The van der Waals surface area contributed by atoms with E-state index in [0.29, 0.717) is 0 Å². The van der Waals surface area contributed by atoms with Crippen LogP contribution in [0.15, 0.2) is 17.6 Å². The first kappa shape index (κ1) is 12.5. The third-order valence-corrected chi connectivity index (χ3v) is 2.76. The normalized spacial score (nSPS) is 10.8. The van der Waals surface area contributed by atoms with E-state index in [2.05, 4.69) is 16.2 Å². The van der Waals surface area contributed by atoms with Gasteiger partial charge < -0.3 is 9.88 Å². The zero-order chi connectivity index (χ0) is 12.2. The number of hydrogen-bond acceptors (Lipinski definition) is 4. The Morgan fingerprint density at radius 3 is 2.88 bits per heavy atom. The highest BCUT2D eigenvalue weighted by Crippen LogP contribution is 2.10. The van der Waals surface area contributed by atoms with Gasteiger partial charge in [-0.05, 0) is 0 Å². The van der Waals surface area contributed by atoms with E-state index < -0.39 is 9.05 Å². The fourth-order valence-electron chi connectivity index (χ4n) is 0.923. The molecule has 0 atom stereocenters. The van der Waals surface area contributed by atoms with E-state index in [0.717, 1.165) is 6.20 Å². The number of halogens is 1. The molecular formula is C8H8ClN3O3S.